The summed E-state index contributed by atoms with van der Waals surface area (Å²) in [5, 5.41) is 0. The first kappa shape index (κ1) is 6.84. The summed E-state index contributed by atoms with van der Waals surface area (Å²) in [5.74, 6) is 0. The van der Waals surface area contributed by atoms with E-state index in [-0.39, 0.29) is 11.1 Å². The largest absolute Gasteiger partial charge is 0.269 e. The maximum atomic E-state index is 11.1. The first-order valence-corrected chi connectivity index (χ1v) is 3.48. The Morgan fingerprint density at radius 1 is 0.833 bits per heavy atom. The average molecular weight is 162 g/mol. The maximum Gasteiger partial charge on any atom is 0.269 e. The molecular weight excluding hydrogens is 156 g/mol. The fourth-order valence-electron chi connectivity index (χ4n) is 1.06. The minimum atomic E-state index is -0.213. The van der Waals surface area contributed by atoms with Crippen molar-refractivity contribution in [1.29, 1.82) is 0 Å². The number of aromatic nitrogens is 2. The Morgan fingerprint density at radius 2 is 1.25 bits per heavy atom. The molecule has 0 unspecified atom stereocenters. The highest BCUT2D eigenvalue weighted by molar-refractivity contribution is 4.95. The molecule has 0 atom stereocenters. The molecule has 0 N–H and O–H groups in total. The molecule has 2 aromatic rings. The zero-order chi connectivity index (χ0) is 8.55. The van der Waals surface area contributed by atoms with Gasteiger partial charge in [-0.3, -0.25) is 9.59 Å². The van der Waals surface area contributed by atoms with Crippen LogP contribution in [0, 0.1) is 0 Å². The van der Waals surface area contributed by atoms with Crippen LogP contribution in [0.15, 0.2) is 46.2 Å². The zero-order valence-electron chi connectivity index (χ0n) is 6.18. The lowest BCUT2D eigenvalue weighted by Gasteiger charge is -1.98. The van der Waals surface area contributed by atoms with Crippen LogP contribution in [0.4, 0.5) is 0 Å². The molecule has 0 saturated heterocycles. The fourth-order valence-corrected chi connectivity index (χ4v) is 1.06. The Hall–Kier alpha value is -1.84. The number of rotatable bonds is 0. The first-order valence-electron chi connectivity index (χ1n) is 3.48. The van der Waals surface area contributed by atoms with E-state index in [0.717, 1.165) is 0 Å². The number of hydrogen-bond donors (Lipinski definition) is 0. The van der Waals surface area contributed by atoms with Crippen molar-refractivity contribution in [3.05, 3.63) is 57.4 Å². The third-order valence-corrected chi connectivity index (χ3v) is 1.62. The fraction of sp³-hybridized carbons (Fsp3) is 0. The predicted molar refractivity (Wildman–Crippen MR) is 43.4 cm³/mol. The highest BCUT2D eigenvalue weighted by Crippen LogP contribution is 1.79. The third kappa shape index (κ3) is 0.852. The van der Waals surface area contributed by atoms with E-state index < -0.39 is 0 Å². The Balaban J connectivity index is 3.16. The number of nitrogens with zero attached hydrogens (tertiary/aromatic N) is 2. The van der Waals surface area contributed by atoms with E-state index in [1.807, 2.05) is 0 Å². The summed E-state index contributed by atoms with van der Waals surface area (Å²) < 4.78 is 2.50. The van der Waals surface area contributed by atoms with Crippen LogP contribution in [0.5, 0.6) is 0 Å². The summed E-state index contributed by atoms with van der Waals surface area (Å²) in [4.78, 5) is 22.3. The molecule has 2 heterocycles. The van der Waals surface area contributed by atoms with Crippen LogP contribution >= 0.6 is 0 Å². The van der Waals surface area contributed by atoms with Crippen molar-refractivity contribution in [2.24, 2.45) is 0 Å². The maximum absolute atomic E-state index is 11.1. The summed E-state index contributed by atoms with van der Waals surface area (Å²) in [6, 6.07) is 5.90. The highest BCUT2D eigenvalue weighted by Gasteiger charge is 1.93. The van der Waals surface area contributed by atoms with Gasteiger partial charge in [0.15, 0.2) is 0 Å². The van der Waals surface area contributed by atoms with Crippen LogP contribution in [0.1, 0.15) is 0 Å². The van der Waals surface area contributed by atoms with Gasteiger partial charge in [0.2, 0.25) is 0 Å². The molecule has 0 saturated carbocycles. The highest BCUT2D eigenvalue weighted by atomic mass is 16.2. The molecule has 0 aliphatic rings. The van der Waals surface area contributed by atoms with Gasteiger partial charge >= 0.3 is 0 Å². The molecule has 0 radical (unpaired) electrons. The van der Waals surface area contributed by atoms with Gasteiger partial charge in [-0.25, -0.2) is 9.03 Å². The Labute approximate surface area is 67.3 Å². The second kappa shape index (κ2) is 2.34. The topological polar surface area (TPSA) is 43.0 Å². The van der Waals surface area contributed by atoms with Crippen LogP contribution in [0.3, 0.4) is 0 Å². The zero-order valence-corrected chi connectivity index (χ0v) is 6.18. The van der Waals surface area contributed by atoms with Gasteiger partial charge in [-0.1, -0.05) is 0 Å². The third-order valence-electron chi connectivity index (χ3n) is 1.62. The van der Waals surface area contributed by atoms with Crippen molar-refractivity contribution in [3.63, 3.8) is 0 Å². The van der Waals surface area contributed by atoms with Crippen LogP contribution in [-0.2, 0) is 0 Å². The number of fused-ring (bicyclic) bond motifs is 1. The molecule has 2 aromatic heterocycles. The molecule has 0 spiro atoms. The summed E-state index contributed by atoms with van der Waals surface area (Å²) in [6.07, 6.45) is 3.09. The monoisotopic (exact) mass is 162 g/mol. The molecule has 60 valence electrons. The molecule has 0 aromatic carbocycles. The molecule has 2 rings (SSSR count). The van der Waals surface area contributed by atoms with Gasteiger partial charge in [-0.15, -0.1) is 0 Å². The van der Waals surface area contributed by atoms with Gasteiger partial charge in [0.25, 0.3) is 11.1 Å². The van der Waals surface area contributed by atoms with Crippen molar-refractivity contribution in [2.45, 2.75) is 0 Å². The van der Waals surface area contributed by atoms with E-state index in [0.29, 0.717) is 0 Å². The van der Waals surface area contributed by atoms with E-state index in [2.05, 4.69) is 0 Å². The van der Waals surface area contributed by atoms with Gasteiger partial charge in [0.05, 0.1) is 0 Å². The predicted octanol–water partition coefficient (Wildman–Crippen LogP) is -0.241. The molecule has 4 heteroatoms. The van der Waals surface area contributed by atoms with Gasteiger partial charge in [-0.2, -0.15) is 0 Å². The van der Waals surface area contributed by atoms with Gasteiger partial charge < -0.3 is 0 Å². The van der Waals surface area contributed by atoms with Crippen molar-refractivity contribution in [3.8, 4) is 0 Å². The van der Waals surface area contributed by atoms with E-state index in [4.69, 9.17) is 0 Å². The molecule has 0 amide bonds. The second-order valence-corrected chi connectivity index (χ2v) is 2.38. The second-order valence-electron chi connectivity index (χ2n) is 2.38. The lowest BCUT2D eigenvalue weighted by atomic mass is 10.5. The van der Waals surface area contributed by atoms with Crippen LogP contribution in [0.25, 0.3) is 0 Å². The quantitative estimate of drug-likeness (QED) is 0.536. The van der Waals surface area contributed by atoms with E-state index in [1.165, 1.54) is 21.2 Å². The standard InChI is InChI=1S/C8H6N2O2/c11-7-3-4-8(12)10-6-2-1-5-9(7)10/h1-6H. The van der Waals surface area contributed by atoms with E-state index in [1.54, 1.807) is 24.5 Å². The average Bonchev–Trinajstić information content (AvgIpc) is 2.12. The summed E-state index contributed by atoms with van der Waals surface area (Å²) >= 11 is 0. The normalized spacial score (nSPS) is 10.3. The minimum absolute atomic E-state index is 0.213. The molecule has 4 nitrogen and oxygen atoms in total. The van der Waals surface area contributed by atoms with Crippen LogP contribution in [0.2, 0.25) is 0 Å². The number of hydrogen-bond acceptors (Lipinski definition) is 2. The Kier molecular flexibility index (Phi) is 1.33. The summed E-state index contributed by atoms with van der Waals surface area (Å²) in [5.41, 5.74) is -0.426. The summed E-state index contributed by atoms with van der Waals surface area (Å²) in [7, 11) is 0. The molecule has 12 heavy (non-hydrogen) atoms. The van der Waals surface area contributed by atoms with Crippen molar-refractivity contribution in [2.75, 3.05) is 0 Å². The van der Waals surface area contributed by atoms with Crippen LogP contribution < -0.4 is 11.1 Å². The van der Waals surface area contributed by atoms with Gasteiger partial charge in [0, 0.05) is 24.5 Å². The SMILES string of the molecule is O=c1ccc(=O)n2ccccn12. The van der Waals surface area contributed by atoms with E-state index in [9.17, 15) is 9.59 Å². The molecule has 0 aliphatic carbocycles. The van der Waals surface area contributed by atoms with Gasteiger partial charge in [-0.05, 0) is 12.1 Å². The van der Waals surface area contributed by atoms with E-state index >= 15 is 0 Å². The van der Waals surface area contributed by atoms with Crippen molar-refractivity contribution < 1.29 is 0 Å². The lowest BCUT2D eigenvalue weighted by molar-refractivity contribution is 0.727. The first-order chi connectivity index (χ1) is 5.79. The molecule has 0 bridgehead atoms. The molecular formula is C8H6N2O2. The Morgan fingerprint density at radius 3 is 1.67 bits per heavy atom. The molecule has 0 aliphatic heterocycles. The van der Waals surface area contributed by atoms with Crippen molar-refractivity contribution in [1.82, 2.24) is 9.03 Å². The minimum Gasteiger partial charge on any atom is -0.267 e. The summed E-state index contributed by atoms with van der Waals surface area (Å²) in [6.45, 7) is 0. The van der Waals surface area contributed by atoms with Crippen molar-refractivity contribution >= 4 is 0 Å². The molecule has 0 fully saturated rings. The lowest BCUT2D eigenvalue weighted by Crippen LogP contribution is -2.27. The smallest absolute Gasteiger partial charge is 0.267 e. The Bertz CT molecular complexity index is 476. The van der Waals surface area contributed by atoms with Gasteiger partial charge in [0.1, 0.15) is 0 Å². The van der Waals surface area contributed by atoms with Crippen LogP contribution in [-0.4, -0.2) is 9.03 Å².